The molecular formula is C18H25NO2. The molecule has 0 aliphatic rings. The van der Waals surface area contributed by atoms with Crippen LogP contribution in [0.1, 0.15) is 56.6 Å². The van der Waals surface area contributed by atoms with E-state index in [0.29, 0.717) is 13.0 Å². The number of benzene rings is 1. The number of aliphatic hydroxyl groups excluding tert-OH is 1. The van der Waals surface area contributed by atoms with Crippen molar-refractivity contribution in [2.45, 2.75) is 52.0 Å². The zero-order valence-electron chi connectivity index (χ0n) is 12.8. The number of unbranched alkanes of at least 4 members (excludes halogenated alkanes) is 4. The third-order valence-corrected chi connectivity index (χ3v) is 3.26. The Morgan fingerprint density at radius 1 is 1.14 bits per heavy atom. The summed E-state index contributed by atoms with van der Waals surface area (Å²) < 4.78 is 0. The molecule has 0 spiro atoms. The van der Waals surface area contributed by atoms with Gasteiger partial charge >= 0.3 is 0 Å². The zero-order valence-corrected chi connectivity index (χ0v) is 12.8. The van der Waals surface area contributed by atoms with Crippen molar-refractivity contribution in [1.29, 1.82) is 0 Å². The highest BCUT2D eigenvalue weighted by molar-refractivity contribution is 5.75. The summed E-state index contributed by atoms with van der Waals surface area (Å²) in [5.41, 5.74) is 1.93. The molecule has 0 saturated carbocycles. The van der Waals surface area contributed by atoms with Crippen molar-refractivity contribution in [1.82, 2.24) is 5.32 Å². The molecule has 0 aliphatic carbocycles. The minimum Gasteiger partial charge on any atom is -0.384 e. The van der Waals surface area contributed by atoms with Crippen LogP contribution in [0.3, 0.4) is 0 Å². The largest absolute Gasteiger partial charge is 0.384 e. The molecule has 114 valence electrons. The first-order chi connectivity index (χ1) is 10.3. The molecule has 0 unspecified atom stereocenters. The Bertz CT molecular complexity index is 468. The van der Waals surface area contributed by atoms with Crippen LogP contribution in [-0.4, -0.2) is 17.6 Å². The number of rotatable bonds is 8. The van der Waals surface area contributed by atoms with E-state index in [0.717, 1.165) is 24.0 Å². The molecule has 0 aliphatic heterocycles. The van der Waals surface area contributed by atoms with Gasteiger partial charge in [0.1, 0.15) is 6.61 Å². The predicted molar refractivity (Wildman–Crippen MR) is 85.6 cm³/mol. The fourth-order valence-corrected chi connectivity index (χ4v) is 2.03. The molecule has 0 bridgehead atoms. The topological polar surface area (TPSA) is 49.3 Å². The van der Waals surface area contributed by atoms with E-state index in [4.69, 9.17) is 5.11 Å². The Labute approximate surface area is 127 Å². The van der Waals surface area contributed by atoms with Crippen LogP contribution >= 0.6 is 0 Å². The Balaban J connectivity index is 2.23. The molecule has 1 rings (SSSR count). The summed E-state index contributed by atoms with van der Waals surface area (Å²) >= 11 is 0. The van der Waals surface area contributed by atoms with Crippen LogP contribution in [0, 0.1) is 11.8 Å². The van der Waals surface area contributed by atoms with Crippen molar-refractivity contribution < 1.29 is 9.90 Å². The molecule has 3 nitrogen and oxygen atoms in total. The average molecular weight is 287 g/mol. The summed E-state index contributed by atoms with van der Waals surface area (Å²) in [5, 5.41) is 11.6. The van der Waals surface area contributed by atoms with Gasteiger partial charge in [0.15, 0.2) is 0 Å². The van der Waals surface area contributed by atoms with E-state index in [9.17, 15) is 4.79 Å². The quantitative estimate of drug-likeness (QED) is 0.570. The second-order valence-electron chi connectivity index (χ2n) is 5.10. The van der Waals surface area contributed by atoms with Gasteiger partial charge in [0.25, 0.3) is 0 Å². The Morgan fingerprint density at radius 2 is 1.86 bits per heavy atom. The number of amides is 1. The Kier molecular flexibility index (Phi) is 8.99. The zero-order chi connectivity index (χ0) is 15.3. The van der Waals surface area contributed by atoms with Gasteiger partial charge < -0.3 is 10.4 Å². The van der Waals surface area contributed by atoms with Crippen LogP contribution in [0.15, 0.2) is 24.3 Å². The Hall–Kier alpha value is -1.79. The van der Waals surface area contributed by atoms with Crippen molar-refractivity contribution in [2.24, 2.45) is 0 Å². The minimum absolute atomic E-state index is 0.121. The lowest BCUT2D eigenvalue weighted by Crippen LogP contribution is -2.22. The van der Waals surface area contributed by atoms with Crippen molar-refractivity contribution in [3.8, 4) is 11.8 Å². The molecule has 0 heterocycles. The fourth-order valence-electron chi connectivity index (χ4n) is 2.03. The first-order valence-corrected chi connectivity index (χ1v) is 7.71. The van der Waals surface area contributed by atoms with Crippen molar-refractivity contribution >= 4 is 5.91 Å². The molecule has 0 saturated heterocycles. The molecule has 0 aromatic heterocycles. The third kappa shape index (κ3) is 8.16. The third-order valence-electron chi connectivity index (χ3n) is 3.26. The minimum atomic E-state index is -0.129. The second kappa shape index (κ2) is 10.9. The number of nitrogens with one attached hydrogen (secondary N) is 1. The van der Waals surface area contributed by atoms with E-state index in [1.165, 1.54) is 19.3 Å². The maximum Gasteiger partial charge on any atom is 0.220 e. The van der Waals surface area contributed by atoms with Crippen LogP contribution < -0.4 is 5.32 Å². The standard InChI is InChI=1S/C18H25NO2/c1-2-3-4-5-6-9-18(21)19-15-17-12-10-16(11-13-17)8-7-14-20/h10-13,20H,2-6,9,14-15H2,1H3,(H,19,21). The van der Waals surface area contributed by atoms with Gasteiger partial charge in [-0.3, -0.25) is 4.79 Å². The highest BCUT2D eigenvalue weighted by Crippen LogP contribution is 2.06. The van der Waals surface area contributed by atoms with E-state index in [1.807, 2.05) is 24.3 Å². The van der Waals surface area contributed by atoms with Crippen molar-refractivity contribution in [2.75, 3.05) is 6.61 Å². The van der Waals surface area contributed by atoms with Crippen LogP contribution in [0.4, 0.5) is 0 Å². The molecule has 1 amide bonds. The average Bonchev–Trinajstić information content (AvgIpc) is 2.51. The molecule has 2 N–H and O–H groups in total. The van der Waals surface area contributed by atoms with Gasteiger partial charge in [-0.2, -0.15) is 0 Å². The van der Waals surface area contributed by atoms with Crippen LogP contribution in [-0.2, 0) is 11.3 Å². The molecule has 0 fully saturated rings. The fraction of sp³-hybridized carbons (Fsp3) is 0.500. The molecule has 0 atom stereocenters. The maximum absolute atomic E-state index is 11.7. The number of hydrogen-bond acceptors (Lipinski definition) is 2. The lowest BCUT2D eigenvalue weighted by molar-refractivity contribution is -0.121. The van der Waals surface area contributed by atoms with Gasteiger partial charge in [-0.15, -0.1) is 0 Å². The lowest BCUT2D eigenvalue weighted by atomic mass is 10.1. The van der Waals surface area contributed by atoms with Gasteiger partial charge in [-0.25, -0.2) is 0 Å². The summed E-state index contributed by atoms with van der Waals surface area (Å²) in [7, 11) is 0. The van der Waals surface area contributed by atoms with Gasteiger partial charge in [0.05, 0.1) is 0 Å². The van der Waals surface area contributed by atoms with Gasteiger partial charge in [-0.05, 0) is 24.1 Å². The van der Waals surface area contributed by atoms with Gasteiger partial charge in [0, 0.05) is 18.5 Å². The van der Waals surface area contributed by atoms with E-state index in [-0.39, 0.29) is 12.5 Å². The van der Waals surface area contributed by atoms with E-state index < -0.39 is 0 Å². The number of carbonyl (C=O) groups is 1. The van der Waals surface area contributed by atoms with E-state index in [2.05, 4.69) is 24.1 Å². The highest BCUT2D eigenvalue weighted by atomic mass is 16.2. The molecule has 3 heteroatoms. The monoisotopic (exact) mass is 287 g/mol. The number of aliphatic hydroxyl groups is 1. The first kappa shape index (κ1) is 17.3. The molecule has 0 radical (unpaired) electrons. The summed E-state index contributed by atoms with van der Waals surface area (Å²) in [5.74, 6) is 5.57. The molecule has 1 aromatic carbocycles. The smallest absolute Gasteiger partial charge is 0.220 e. The lowest BCUT2D eigenvalue weighted by Gasteiger charge is -2.05. The molecular weight excluding hydrogens is 262 g/mol. The summed E-state index contributed by atoms with van der Waals surface area (Å²) in [6, 6.07) is 7.69. The van der Waals surface area contributed by atoms with E-state index in [1.54, 1.807) is 0 Å². The van der Waals surface area contributed by atoms with E-state index >= 15 is 0 Å². The summed E-state index contributed by atoms with van der Waals surface area (Å²) in [6.07, 6.45) is 6.43. The molecule has 1 aromatic rings. The normalized spacial score (nSPS) is 9.81. The van der Waals surface area contributed by atoms with Gasteiger partial charge in [-0.1, -0.05) is 56.6 Å². The maximum atomic E-state index is 11.7. The highest BCUT2D eigenvalue weighted by Gasteiger charge is 2.01. The number of carbonyl (C=O) groups excluding carboxylic acids is 1. The predicted octanol–water partition coefficient (Wildman–Crippen LogP) is 3.01. The van der Waals surface area contributed by atoms with Gasteiger partial charge in [0.2, 0.25) is 5.91 Å². The summed E-state index contributed by atoms with van der Waals surface area (Å²) in [6.45, 7) is 2.62. The summed E-state index contributed by atoms with van der Waals surface area (Å²) in [4.78, 5) is 11.7. The second-order valence-corrected chi connectivity index (χ2v) is 5.10. The van der Waals surface area contributed by atoms with Crippen LogP contribution in [0.2, 0.25) is 0 Å². The van der Waals surface area contributed by atoms with Crippen molar-refractivity contribution in [3.63, 3.8) is 0 Å². The Morgan fingerprint density at radius 3 is 2.52 bits per heavy atom. The first-order valence-electron chi connectivity index (χ1n) is 7.71. The van der Waals surface area contributed by atoms with Crippen LogP contribution in [0.25, 0.3) is 0 Å². The van der Waals surface area contributed by atoms with Crippen molar-refractivity contribution in [3.05, 3.63) is 35.4 Å². The number of hydrogen-bond donors (Lipinski definition) is 2. The SMILES string of the molecule is CCCCCCCC(=O)NCc1ccc(C#CCO)cc1. The van der Waals surface area contributed by atoms with Crippen LogP contribution in [0.5, 0.6) is 0 Å². The molecule has 21 heavy (non-hydrogen) atoms.